The summed E-state index contributed by atoms with van der Waals surface area (Å²) >= 11 is 0. The van der Waals surface area contributed by atoms with Crippen LogP contribution in [0.2, 0.25) is 0 Å². The molecule has 2 aromatic heterocycles. The SMILES string of the molecule is O=c1[nH]c2nccnc2n1C1CCCCC1. The predicted octanol–water partition coefficient (Wildman–Crippen LogP) is 1.62. The quantitative estimate of drug-likeness (QED) is 0.791. The Bertz CT molecular complexity index is 550. The van der Waals surface area contributed by atoms with Gasteiger partial charge in [0.05, 0.1) is 0 Å². The highest BCUT2D eigenvalue weighted by Crippen LogP contribution is 2.28. The molecule has 0 bridgehead atoms. The minimum Gasteiger partial charge on any atom is -0.289 e. The maximum absolute atomic E-state index is 11.9. The summed E-state index contributed by atoms with van der Waals surface area (Å²) in [7, 11) is 0. The van der Waals surface area contributed by atoms with Crippen LogP contribution in [0.3, 0.4) is 0 Å². The van der Waals surface area contributed by atoms with E-state index in [-0.39, 0.29) is 5.69 Å². The Balaban J connectivity index is 2.14. The van der Waals surface area contributed by atoms with Gasteiger partial charge in [-0.05, 0) is 12.8 Å². The fourth-order valence-electron chi connectivity index (χ4n) is 2.53. The number of nitrogens with one attached hydrogen (secondary N) is 1. The lowest BCUT2D eigenvalue weighted by atomic mass is 9.95. The van der Waals surface area contributed by atoms with E-state index in [0.717, 1.165) is 12.8 Å². The molecule has 0 saturated heterocycles. The number of H-pyrrole nitrogens is 1. The smallest absolute Gasteiger partial charge is 0.289 e. The van der Waals surface area contributed by atoms with Gasteiger partial charge in [-0.15, -0.1) is 0 Å². The second-order valence-corrected chi connectivity index (χ2v) is 4.32. The monoisotopic (exact) mass is 218 g/mol. The maximum atomic E-state index is 11.9. The number of aromatic amines is 1. The second kappa shape index (κ2) is 3.73. The topological polar surface area (TPSA) is 63.6 Å². The first kappa shape index (κ1) is 9.57. The molecule has 0 atom stereocenters. The molecule has 0 unspecified atom stereocenters. The molecular formula is C11H14N4O. The highest BCUT2D eigenvalue weighted by molar-refractivity contribution is 5.64. The van der Waals surface area contributed by atoms with Crippen molar-refractivity contribution in [1.82, 2.24) is 19.5 Å². The fraction of sp³-hybridized carbons (Fsp3) is 0.545. The van der Waals surface area contributed by atoms with Crippen LogP contribution in [0.1, 0.15) is 38.1 Å². The summed E-state index contributed by atoms with van der Waals surface area (Å²) < 4.78 is 1.78. The minimum atomic E-state index is -0.0758. The lowest BCUT2D eigenvalue weighted by molar-refractivity contribution is 0.352. The summed E-state index contributed by atoms with van der Waals surface area (Å²) in [5, 5.41) is 0. The molecule has 1 aliphatic carbocycles. The molecule has 0 aromatic carbocycles. The van der Waals surface area contributed by atoms with Crippen LogP contribution in [-0.2, 0) is 0 Å². The molecule has 0 amide bonds. The molecule has 1 fully saturated rings. The molecule has 5 heteroatoms. The summed E-state index contributed by atoms with van der Waals surface area (Å²) in [4.78, 5) is 23.0. The number of nitrogens with zero attached hydrogens (tertiary/aromatic N) is 3. The summed E-state index contributed by atoms with van der Waals surface area (Å²) in [6.07, 6.45) is 9.05. The van der Waals surface area contributed by atoms with Crippen LogP contribution in [-0.4, -0.2) is 19.5 Å². The molecule has 1 aliphatic rings. The average molecular weight is 218 g/mol. The predicted molar refractivity (Wildman–Crippen MR) is 60.3 cm³/mol. The zero-order valence-electron chi connectivity index (χ0n) is 9.02. The number of fused-ring (bicyclic) bond motifs is 1. The molecule has 1 saturated carbocycles. The molecule has 2 heterocycles. The van der Waals surface area contributed by atoms with Crippen molar-refractivity contribution in [3.05, 3.63) is 22.9 Å². The molecule has 0 spiro atoms. The first-order valence-electron chi connectivity index (χ1n) is 5.77. The van der Waals surface area contributed by atoms with Crippen molar-refractivity contribution in [1.29, 1.82) is 0 Å². The molecule has 0 aliphatic heterocycles. The maximum Gasteiger partial charge on any atom is 0.329 e. The number of aromatic nitrogens is 4. The van der Waals surface area contributed by atoms with E-state index >= 15 is 0 Å². The zero-order chi connectivity index (χ0) is 11.0. The van der Waals surface area contributed by atoms with Crippen molar-refractivity contribution in [2.75, 3.05) is 0 Å². The minimum absolute atomic E-state index is 0.0758. The summed E-state index contributed by atoms with van der Waals surface area (Å²) in [6.45, 7) is 0. The largest absolute Gasteiger partial charge is 0.329 e. The Morgan fingerprint density at radius 1 is 1.19 bits per heavy atom. The summed E-state index contributed by atoms with van der Waals surface area (Å²) in [5.41, 5.74) is 1.21. The number of rotatable bonds is 1. The summed E-state index contributed by atoms with van der Waals surface area (Å²) in [5.74, 6) is 0. The normalized spacial score (nSPS) is 18.0. The highest BCUT2D eigenvalue weighted by Gasteiger charge is 2.20. The van der Waals surface area contributed by atoms with Gasteiger partial charge in [0.2, 0.25) is 0 Å². The Morgan fingerprint density at radius 3 is 2.75 bits per heavy atom. The van der Waals surface area contributed by atoms with Crippen LogP contribution < -0.4 is 5.69 Å². The molecule has 84 valence electrons. The third kappa shape index (κ3) is 1.43. The van der Waals surface area contributed by atoms with Gasteiger partial charge < -0.3 is 0 Å². The fourth-order valence-corrected chi connectivity index (χ4v) is 2.53. The van der Waals surface area contributed by atoms with Gasteiger partial charge in [-0.2, -0.15) is 0 Å². The molecule has 16 heavy (non-hydrogen) atoms. The van der Waals surface area contributed by atoms with E-state index in [1.165, 1.54) is 19.3 Å². The van der Waals surface area contributed by atoms with Gasteiger partial charge in [0, 0.05) is 18.4 Å². The Kier molecular flexibility index (Phi) is 2.23. The average Bonchev–Trinajstić information content (AvgIpc) is 2.66. The number of imidazole rings is 1. The van der Waals surface area contributed by atoms with Gasteiger partial charge in [-0.1, -0.05) is 19.3 Å². The van der Waals surface area contributed by atoms with E-state index in [0.29, 0.717) is 17.3 Å². The van der Waals surface area contributed by atoms with Crippen LogP contribution in [0.5, 0.6) is 0 Å². The molecule has 5 nitrogen and oxygen atoms in total. The Hall–Kier alpha value is -1.65. The Labute approximate surface area is 92.5 Å². The van der Waals surface area contributed by atoms with Gasteiger partial charge in [0.15, 0.2) is 11.3 Å². The van der Waals surface area contributed by atoms with E-state index in [2.05, 4.69) is 15.0 Å². The summed E-state index contributed by atoms with van der Waals surface area (Å²) in [6, 6.07) is 0.298. The molecular weight excluding hydrogens is 204 g/mol. The van der Waals surface area contributed by atoms with Crippen LogP contribution in [0, 0.1) is 0 Å². The zero-order valence-corrected chi connectivity index (χ0v) is 9.02. The van der Waals surface area contributed by atoms with Gasteiger partial charge in [0.25, 0.3) is 0 Å². The lowest BCUT2D eigenvalue weighted by Gasteiger charge is -2.22. The standard InChI is InChI=1S/C11H14N4O/c16-11-14-9-10(13-7-6-12-9)15(11)8-4-2-1-3-5-8/h6-8H,1-5H2,(H,12,14,16). The molecule has 1 N–H and O–H groups in total. The van der Waals surface area contributed by atoms with Crippen molar-refractivity contribution < 1.29 is 0 Å². The van der Waals surface area contributed by atoms with E-state index < -0.39 is 0 Å². The second-order valence-electron chi connectivity index (χ2n) is 4.32. The molecule has 0 radical (unpaired) electrons. The lowest BCUT2D eigenvalue weighted by Crippen LogP contribution is -2.24. The van der Waals surface area contributed by atoms with Crippen LogP contribution in [0.15, 0.2) is 17.2 Å². The third-order valence-electron chi connectivity index (χ3n) is 3.29. The van der Waals surface area contributed by atoms with Crippen LogP contribution in [0.25, 0.3) is 11.3 Å². The van der Waals surface area contributed by atoms with Crippen molar-refractivity contribution in [3.8, 4) is 0 Å². The van der Waals surface area contributed by atoms with Gasteiger partial charge in [-0.25, -0.2) is 14.8 Å². The van der Waals surface area contributed by atoms with Crippen molar-refractivity contribution in [2.45, 2.75) is 38.1 Å². The first-order chi connectivity index (χ1) is 7.86. The van der Waals surface area contributed by atoms with Gasteiger partial charge in [-0.3, -0.25) is 9.55 Å². The van der Waals surface area contributed by atoms with E-state index in [1.807, 2.05) is 0 Å². The van der Waals surface area contributed by atoms with E-state index in [1.54, 1.807) is 17.0 Å². The van der Waals surface area contributed by atoms with E-state index in [9.17, 15) is 4.79 Å². The van der Waals surface area contributed by atoms with Crippen molar-refractivity contribution >= 4 is 11.3 Å². The van der Waals surface area contributed by atoms with Crippen LogP contribution >= 0.6 is 0 Å². The number of hydrogen-bond donors (Lipinski definition) is 1. The third-order valence-corrected chi connectivity index (χ3v) is 3.29. The van der Waals surface area contributed by atoms with Crippen molar-refractivity contribution in [3.63, 3.8) is 0 Å². The van der Waals surface area contributed by atoms with Gasteiger partial charge >= 0.3 is 5.69 Å². The molecule has 2 aromatic rings. The first-order valence-corrected chi connectivity index (χ1v) is 5.77. The van der Waals surface area contributed by atoms with E-state index in [4.69, 9.17) is 0 Å². The highest BCUT2D eigenvalue weighted by atomic mass is 16.1. The van der Waals surface area contributed by atoms with Gasteiger partial charge in [0.1, 0.15) is 0 Å². The van der Waals surface area contributed by atoms with Crippen molar-refractivity contribution in [2.24, 2.45) is 0 Å². The Morgan fingerprint density at radius 2 is 1.94 bits per heavy atom. The molecule has 3 rings (SSSR count). The number of hydrogen-bond acceptors (Lipinski definition) is 3. The van der Waals surface area contributed by atoms with Crippen LogP contribution in [0.4, 0.5) is 0 Å².